The number of nitrogens with two attached hydrogens (primary N) is 1. The van der Waals surface area contributed by atoms with Crippen molar-refractivity contribution in [2.75, 3.05) is 0 Å². The third-order valence-corrected chi connectivity index (χ3v) is 3.67. The van der Waals surface area contributed by atoms with Crippen LogP contribution in [0.1, 0.15) is 52.4 Å². The van der Waals surface area contributed by atoms with Gasteiger partial charge in [0.1, 0.15) is 0 Å². The van der Waals surface area contributed by atoms with Gasteiger partial charge >= 0.3 is 5.97 Å². The van der Waals surface area contributed by atoms with Gasteiger partial charge < -0.3 is 10.8 Å². The quantitative estimate of drug-likeness (QED) is 0.732. The fraction of sp³-hybridized carbons (Fsp3) is 0.909. The van der Waals surface area contributed by atoms with Crippen LogP contribution in [0.2, 0.25) is 0 Å². The third kappa shape index (κ3) is 2.27. The average molecular weight is 199 g/mol. The van der Waals surface area contributed by atoms with Crippen LogP contribution >= 0.6 is 0 Å². The Morgan fingerprint density at radius 1 is 1.36 bits per heavy atom. The Hall–Kier alpha value is -0.570. The predicted molar refractivity (Wildman–Crippen MR) is 56.0 cm³/mol. The van der Waals surface area contributed by atoms with Crippen molar-refractivity contribution < 1.29 is 9.90 Å². The van der Waals surface area contributed by atoms with Crippen LogP contribution in [0.5, 0.6) is 0 Å². The highest BCUT2D eigenvalue weighted by Crippen LogP contribution is 2.46. The second-order valence-corrected chi connectivity index (χ2v) is 5.13. The molecular formula is C11H21NO2. The Labute approximate surface area is 85.7 Å². The minimum absolute atomic E-state index is 0.183. The summed E-state index contributed by atoms with van der Waals surface area (Å²) in [6, 6.07) is 0. The van der Waals surface area contributed by atoms with E-state index in [9.17, 15) is 4.79 Å². The van der Waals surface area contributed by atoms with E-state index >= 15 is 0 Å². The molecule has 1 aliphatic carbocycles. The maximum atomic E-state index is 10.9. The highest BCUT2D eigenvalue weighted by Gasteiger charge is 2.44. The van der Waals surface area contributed by atoms with Crippen molar-refractivity contribution in [3.8, 4) is 0 Å². The first-order chi connectivity index (χ1) is 6.37. The van der Waals surface area contributed by atoms with Gasteiger partial charge in [-0.05, 0) is 32.1 Å². The molecule has 1 aliphatic rings. The summed E-state index contributed by atoms with van der Waals surface area (Å²) in [5, 5.41) is 8.94. The second kappa shape index (κ2) is 3.89. The first-order valence-electron chi connectivity index (χ1n) is 5.38. The fourth-order valence-corrected chi connectivity index (χ4v) is 2.57. The molecule has 14 heavy (non-hydrogen) atoms. The summed E-state index contributed by atoms with van der Waals surface area (Å²) in [7, 11) is 0. The molecule has 0 aromatic carbocycles. The van der Waals surface area contributed by atoms with Crippen LogP contribution in [-0.4, -0.2) is 16.6 Å². The SMILES string of the molecule is CC(C)(N)C1(CC(=O)O)CCCCC1. The monoisotopic (exact) mass is 199 g/mol. The number of hydrogen-bond acceptors (Lipinski definition) is 2. The molecule has 0 saturated heterocycles. The van der Waals surface area contributed by atoms with Crippen LogP contribution in [0.4, 0.5) is 0 Å². The lowest BCUT2D eigenvalue weighted by Crippen LogP contribution is -2.52. The molecule has 0 aliphatic heterocycles. The predicted octanol–water partition coefficient (Wildman–Crippen LogP) is 2.15. The Kier molecular flexibility index (Phi) is 3.20. The molecule has 0 aromatic rings. The molecule has 3 N–H and O–H groups in total. The van der Waals surface area contributed by atoms with Gasteiger partial charge in [0.25, 0.3) is 0 Å². The van der Waals surface area contributed by atoms with Crippen LogP contribution in [-0.2, 0) is 4.79 Å². The van der Waals surface area contributed by atoms with E-state index in [4.69, 9.17) is 10.8 Å². The van der Waals surface area contributed by atoms with Crippen LogP contribution in [0.15, 0.2) is 0 Å². The molecule has 3 nitrogen and oxygen atoms in total. The van der Waals surface area contributed by atoms with Crippen LogP contribution in [0.25, 0.3) is 0 Å². The molecule has 0 unspecified atom stereocenters. The molecule has 82 valence electrons. The van der Waals surface area contributed by atoms with E-state index in [2.05, 4.69) is 0 Å². The largest absolute Gasteiger partial charge is 0.481 e. The second-order valence-electron chi connectivity index (χ2n) is 5.13. The topological polar surface area (TPSA) is 63.3 Å². The van der Waals surface area contributed by atoms with Gasteiger partial charge in [0.2, 0.25) is 0 Å². The van der Waals surface area contributed by atoms with E-state index < -0.39 is 5.97 Å². The van der Waals surface area contributed by atoms with Gasteiger partial charge in [0.15, 0.2) is 0 Å². The van der Waals surface area contributed by atoms with Crippen molar-refractivity contribution >= 4 is 5.97 Å². The molecule has 0 amide bonds. The Morgan fingerprint density at radius 3 is 2.21 bits per heavy atom. The van der Waals surface area contributed by atoms with Crippen molar-refractivity contribution in [1.29, 1.82) is 0 Å². The van der Waals surface area contributed by atoms with Crippen molar-refractivity contribution in [3.63, 3.8) is 0 Å². The summed E-state index contributed by atoms with van der Waals surface area (Å²) in [6.07, 6.45) is 5.60. The van der Waals surface area contributed by atoms with Crippen molar-refractivity contribution in [2.24, 2.45) is 11.1 Å². The first-order valence-corrected chi connectivity index (χ1v) is 5.38. The van der Waals surface area contributed by atoms with Gasteiger partial charge in [-0.25, -0.2) is 0 Å². The van der Waals surface area contributed by atoms with Gasteiger partial charge in [-0.15, -0.1) is 0 Å². The normalized spacial score (nSPS) is 21.9. The standard InChI is InChI=1S/C11H21NO2/c1-10(2,12)11(8-9(13)14)6-4-3-5-7-11/h3-8,12H2,1-2H3,(H,13,14). The highest BCUT2D eigenvalue weighted by atomic mass is 16.4. The number of carbonyl (C=O) groups is 1. The molecule has 0 radical (unpaired) electrons. The van der Waals surface area contributed by atoms with Gasteiger partial charge in [-0.1, -0.05) is 19.3 Å². The first kappa shape index (κ1) is 11.5. The highest BCUT2D eigenvalue weighted by molar-refractivity contribution is 5.68. The van der Waals surface area contributed by atoms with E-state index in [1.54, 1.807) is 0 Å². The number of carboxylic acid groups (broad SMARTS) is 1. The zero-order valence-electron chi connectivity index (χ0n) is 9.18. The molecule has 0 spiro atoms. The van der Waals surface area contributed by atoms with Crippen LogP contribution in [0.3, 0.4) is 0 Å². The molecule has 1 rings (SSSR count). The average Bonchev–Trinajstić information content (AvgIpc) is 2.02. The molecule has 0 atom stereocenters. The molecule has 0 heterocycles. The lowest BCUT2D eigenvalue weighted by Gasteiger charge is -2.46. The zero-order chi connectivity index (χ0) is 10.8. The molecule has 1 fully saturated rings. The summed E-state index contributed by atoms with van der Waals surface area (Å²) in [5.41, 5.74) is 5.56. The summed E-state index contributed by atoms with van der Waals surface area (Å²) in [6.45, 7) is 3.92. The summed E-state index contributed by atoms with van der Waals surface area (Å²) < 4.78 is 0. The lowest BCUT2D eigenvalue weighted by atomic mass is 9.61. The zero-order valence-corrected chi connectivity index (χ0v) is 9.18. The van der Waals surface area contributed by atoms with E-state index in [1.807, 2.05) is 13.8 Å². The molecule has 1 saturated carbocycles. The summed E-state index contributed by atoms with van der Waals surface area (Å²) in [4.78, 5) is 10.9. The van der Waals surface area contributed by atoms with Gasteiger partial charge in [-0.3, -0.25) is 4.79 Å². The maximum Gasteiger partial charge on any atom is 0.303 e. The number of carboxylic acids is 1. The van der Waals surface area contributed by atoms with Crippen molar-refractivity contribution in [3.05, 3.63) is 0 Å². The van der Waals surface area contributed by atoms with Gasteiger partial charge in [0, 0.05) is 5.54 Å². The minimum Gasteiger partial charge on any atom is -0.481 e. The Bertz CT molecular complexity index is 212. The van der Waals surface area contributed by atoms with E-state index in [-0.39, 0.29) is 17.4 Å². The van der Waals surface area contributed by atoms with Crippen LogP contribution < -0.4 is 5.73 Å². The number of aliphatic carboxylic acids is 1. The molecule has 0 aromatic heterocycles. The van der Waals surface area contributed by atoms with E-state index in [0.29, 0.717) is 0 Å². The lowest BCUT2D eigenvalue weighted by molar-refractivity contribution is -0.141. The molecule has 0 bridgehead atoms. The smallest absolute Gasteiger partial charge is 0.303 e. The fourth-order valence-electron chi connectivity index (χ4n) is 2.57. The van der Waals surface area contributed by atoms with Crippen LogP contribution in [0, 0.1) is 5.41 Å². The Balaban J connectivity index is 2.83. The third-order valence-electron chi connectivity index (χ3n) is 3.67. The molecule has 3 heteroatoms. The Morgan fingerprint density at radius 2 is 1.86 bits per heavy atom. The van der Waals surface area contributed by atoms with E-state index in [0.717, 1.165) is 25.7 Å². The molecular weight excluding hydrogens is 178 g/mol. The van der Waals surface area contributed by atoms with Crippen molar-refractivity contribution in [1.82, 2.24) is 0 Å². The number of hydrogen-bond donors (Lipinski definition) is 2. The van der Waals surface area contributed by atoms with Gasteiger partial charge in [0.05, 0.1) is 6.42 Å². The van der Waals surface area contributed by atoms with E-state index in [1.165, 1.54) is 6.42 Å². The van der Waals surface area contributed by atoms with Crippen molar-refractivity contribution in [2.45, 2.75) is 57.9 Å². The minimum atomic E-state index is -0.717. The van der Waals surface area contributed by atoms with Gasteiger partial charge in [-0.2, -0.15) is 0 Å². The summed E-state index contributed by atoms with van der Waals surface area (Å²) in [5.74, 6) is -0.717. The number of rotatable bonds is 3. The summed E-state index contributed by atoms with van der Waals surface area (Å²) >= 11 is 0. The maximum absolute atomic E-state index is 10.9.